The van der Waals surface area contributed by atoms with Gasteiger partial charge in [0.2, 0.25) is 0 Å². The van der Waals surface area contributed by atoms with Crippen LogP contribution in [0.4, 0.5) is 0 Å². The first-order chi connectivity index (χ1) is 7.11. The Morgan fingerprint density at radius 2 is 2.27 bits per heavy atom. The Kier molecular flexibility index (Phi) is 5.05. The van der Waals surface area contributed by atoms with E-state index in [9.17, 15) is 4.79 Å². The standard InChI is InChI=1S/C11H21NO3/c1-9(2)15-11(13)7-12-5-4-10(6-12)8-14-3/h9-10H,4-8H2,1-3H3. The van der Waals surface area contributed by atoms with Crippen molar-refractivity contribution < 1.29 is 14.3 Å². The van der Waals surface area contributed by atoms with Crippen molar-refractivity contribution in [3.63, 3.8) is 0 Å². The predicted molar refractivity (Wildman–Crippen MR) is 57.7 cm³/mol. The van der Waals surface area contributed by atoms with Crippen LogP contribution in [0.5, 0.6) is 0 Å². The molecular formula is C11H21NO3. The third kappa shape index (κ3) is 4.62. The number of likely N-dealkylation sites (tertiary alicyclic amines) is 1. The summed E-state index contributed by atoms with van der Waals surface area (Å²) in [6.45, 7) is 6.86. The van der Waals surface area contributed by atoms with Gasteiger partial charge >= 0.3 is 5.97 Å². The summed E-state index contributed by atoms with van der Waals surface area (Å²) in [5.41, 5.74) is 0. The summed E-state index contributed by atoms with van der Waals surface area (Å²) in [6, 6.07) is 0. The summed E-state index contributed by atoms with van der Waals surface area (Å²) in [4.78, 5) is 13.5. The average Bonchev–Trinajstić information content (AvgIpc) is 2.51. The molecule has 0 N–H and O–H groups in total. The minimum Gasteiger partial charge on any atom is -0.462 e. The summed E-state index contributed by atoms with van der Waals surface area (Å²) >= 11 is 0. The highest BCUT2D eigenvalue weighted by Crippen LogP contribution is 2.15. The van der Waals surface area contributed by atoms with Gasteiger partial charge in [0.05, 0.1) is 19.3 Å². The zero-order valence-electron chi connectivity index (χ0n) is 9.86. The van der Waals surface area contributed by atoms with E-state index >= 15 is 0 Å². The lowest BCUT2D eigenvalue weighted by molar-refractivity contribution is -0.148. The number of methoxy groups -OCH3 is 1. The number of hydrogen-bond donors (Lipinski definition) is 0. The first kappa shape index (κ1) is 12.5. The Balaban J connectivity index is 2.20. The monoisotopic (exact) mass is 215 g/mol. The molecule has 4 nitrogen and oxygen atoms in total. The maximum atomic E-state index is 11.4. The van der Waals surface area contributed by atoms with Crippen molar-refractivity contribution in [1.29, 1.82) is 0 Å². The lowest BCUT2D eigenvalue weighted by Gasteiger charge is -2.16. The molecule has 1 unspecified atom stereocenters. The molecule has 0 spiro atoms. The van der Waals surface area contributed by atoms with Gasteiger partial charge in [-0.2, -0.15) is 0 Å². The first-order valence-electron chi connectivity index (χ1n) is 5.52. The minimum atomic E-state index is -0.122. The predicted octanol–water partition coefficient (Wildman–Crippen LogP) is 0.906. The summed E-state index contributed by atoms with van der Waals surface area (Å²) < 4.78 is 10.2. The number of hydrogen-bond acceptors (Lipinski definition) is 4. The second-order valence-corrected chi connectivity index (χ2v) is 4.38. The Labute approximate surface area is 91.5 Å². The molecule has 0 amide bonds. The van der Waals surface area contributed by atoms with Crippen molar-refractivity contribution in [2.24, 2.45) is 5.92 Å². The van der Waals surface area contributed by atoms with E-state index in [0.29, 0.717) is 12.5 Å². The zero-order chi connectivity index (χ0) is 11.3. The van der Waals surface area contributed by atoms with Gasteiger partial charge in [0.25, 0.3) is 0 Å². The lowest BCUT2D eigenvalue weighted by Crippen LogP contribution is -2.30. The Hall–Kier alpha value is -0.610. The van der Waals surface area contributed by atoms with E-state index in [1.165, 1.54) is 0 Å². The third-order valence-corrected chi connectivity index (χ3v) is 2.49. The molecule has 1 heterocycles. The van der Waals surface area contributed by atoms with Gasteiger partial charge in [0.1, 0.15) is 0 Å². The van der Waals surface area contributed by atoms with Gasteiger partial charge in [-0.15, -0.1) is 0 Å². The maximum Gasteiger partial charge on any atom is 0.320 e. The highest BCUT2D eigenvalue weighted by molar-refractivity contribution is 5.71. The molecule has 0 aliphatic carbocycles. The van der Waals surface area contributed by atoms with E-state index in [1.807, 2.05) is 13.8 Å². The van der Waals surface area contributed by atoms with Crippen molar-refractivity contribution in [2.45, 2.75) is 26.4 Å². The molecular weight excluding hydrogens is 194 g/mol. The molecule has 0 aromatic rings. The van der Waals surface area contributed by atoms with Gasteiger partial charge in [-0.1, -0.05) is 0 Å². The van der Waals surface area contributed by atoms with Gasteiger partial charge in [0, 0.05) is 13.7 Å². The molecule has 15 heavy (non-hydrogen) atoms. The molecule has 0 saturated carbocycles. The normalized spacial score (nSPS) is 22.3. The van der Waals surface area contributed by atoms with Crippen molar-refractivity contribution >= 4 is 5.97 Å². The molecule has 0 radical (unpaired) electrons. The molecule has 1 aliphatic rings. The van der Waals surface area contributed by atoms with E-state index in [-0.39, 0.29) is 12.1 Å². The van der Waals surface area contributed by atoms with E-state index in [0.717, 1.165) is 26.1 Å². The van der Waals surface area contributed by atoms with Crippen LogP contribution in [0.3, 0.4) is 0 Å². The van der Waals surface area contributed by atoms with Crippen LogP contribution >= 0.6 is 0 Å². The van der Waals surface area contributed by atoms with E-state index in [2.05, 4.69) is 4.90 Å². The van der Waals surface area contributed by atoms with Gasteiger partial charge in [-0.3, -0.25) is 9.69 Å². The van der Waals surface area contributed by atoms with Crippen molar-refractivity contribution in [1.82, 2.24) is 4.90 Å². The van der Waals surface area contributed by atoms with Crippen molar-refractivity contribution in [3.8, 4) is 0 Å². The van der Waals surface area contributed by atoms with Gasteiger partial charge in [0.15, 0.2) is 0 Å². The van der Waals surface area contributed by atoms with Crippen molar-refractivity contribution in [3.05, 3.63) is 0 Å². The second-order valence-electron chi connectivity index (χ2n) is 4.38. The molecule has 0 aromatic heterocycles. The third-order valence-electron chi connectivity index (χ3n) is 2.49. The van der Waals surface area contributed by atoms with Crippen LogP contribution in [0.1, 0.15) is 20.3 Å². The summed E-state index contributed by atoms with van der Waals surface area (Å²) in [6.07, 6.45) is 1.10. The first-order valence-corrected chi connectivity index (χ1v) is 5.52. The van der Waals surface area contributed by atoms with Crippen LogP contribution in [0.25, 0.3) is 0 Å². The fourth-order valence-corrected chi connectivity index (χ4v) is 1.91. The van der Waals surface area contributed by atoms with E-state index < -0.39 is 0 Å². The molecule has 88 valence electrons. The largest absolute Gasteiger partial charge is 0.462 e. The smallest absolute Gasteiger partial charge is 0.320 e. The van der Waals surface area contributed by atoms with Crippen LogP contribution in [-0.4, -0.2) is 50.3 Å². The molecule has 1 rings (SSSR count). The number of esters is 1. The van der Waals surface area contributed by atoms with Gasteiger partial charge < -0.3 is 9.47 Å². The molecule has 1 aliphatic heterocycles. The highest BCUT2D eigenvalue weighted by Gasteiger charge is 2.24. The summed E-state index contributed by atoms with van der Waals surface area (Å²) in [5.74, 6) is 0.449. The fraction of sp³-hybridized carbons (Fsp3) is 0.909. The quantitative estimate of drug-likeness (QED) is 0.639. The number of ether oxygens (including phenoxy) is 2. The minimum absolute atomic E-state index is 0.0186. The number of rotatable bonds is 5. The maximum absolute atomic E-state index is 11.4. The SMILES string of the molecule is COCC1CCN(CC(=O)OC(C)C)C1. The highest BCUT2D eigenvalue weighted by atomic mass is 16.5. The molecule has 1 saturated heterocycles. The Morgan fingerprint density at radius 3 is 2.87 bits per heavy atom. The summed E-state index contributed by atoms with van der Waals surface area (Å²) in [5, 5.41) is 0. The molecule has 0 aromatic carbocycles. The Morgan fingerprint density at radius 1 is 1.53 bits per heavy atom. The van der Waals surface area contributed by atoms with E-state index in [1.54, 1.807) is 7.11 Å². The number of carbonyl (C=O) groups excluding carboxylic acids is 1. The van der Waals surface area contributed by atoms with Gasteiger partial charge in [-0.05, 0) is 32.7 Å². The second kappa shape index (κ2) is 6.08. The topological polar surface area (TPSA) is 38.8 Å². The lowest BCUT2D eigenvalue weighted by atomic mass is 10.1. The molecule has 1 atom stereocenters. The molecule has 0 bridgehead atoms. The van der Waals surface area contributed by atoms with Crippen LogP contribution in [0.15, 0.2) is 0 Å². The average molecular weight is 215 g/mol. The van der Waals surface area contributed by atoms with Crippen molar-refractivity contribution in [2.75, 3.05) is 33.4 Å². The van der Waals surface area contributed by atoms with Crippen LogP contribution in [0.2, 0.25) is 0 Å². The molecule has 4 heteroatoms. The van der Waals surface area contributed by atoms with Crippen LogP contribution < -0.4 is 0 Å². The summed E-state index contributed by atoms with van der Waals surface area (Å²) in [7, 11) is 1.72. The number of nitrogens with zero attached hydrogens (tertiary/aromatic N) is 1. The fourth-order valence-electron chi connectivity index (χ4n) is 1.91. The van der Waals surface area contributed by atoms with Gasteiger partial charge in [-0.25, -0.2) is 0 Å². The zero-order valence-corrected chi connectivity index (χ0v) is 9.86. The van der Waals surface area contributed by atoms with E-state index in [4.69, 9.17) is 9.47 Å². The van der Waals surface area contributed by atoms with Crippen LogP contribution in [-0.2, 0) is 14.3 Å². The number of carbonyl (C=O) groups is 1. The molecule has 1 fully saturated rings. The van der Waals surface area contributed by atoms with Crippen LogP contribution in [0, 0.1) is 5.92 Å². The Bertz CT molecular complexity index is 206.